The Kier molecular flexibility index (Phi) is 4.37. The molecule has 0 aliphatic carbocycles. The summed E-state index contributed by atoms with van der Waals surface area (Å²) in [6, 6.07) is 10.7. The quantitative estimate of drug-likeness (QED) is 0.805. The van der Waals surface area contributed by atoms with E-state index in [-0.39, 0.29) is 17.4 Å². The van der Waals surface area contributed by atoms with E-state index in [4.69, 9.17) is 4.74 Å². The van der Waals surface area contributed by atoms with E-state index in [0.29, 0.717) is 0 Å². The standard InChI is InChI=1S/C15H16N2O4/c1-10(11-7-5-4-6-8-11)17-13(15(19)21-3)9-12(16-17)14(18)20-2/h4-10H,1-3H3. The summed E-state index contributed by atoms with van der Waals surface area (Å²) in [6.07, 6.45) is 0. The van der Waals surface area contributed by atoms with Crippen LogP contribution >= 0.6 is 0 Å². The van der Waals surface area contributed by atoms with Gasteiger partial charge in [0.15, 0.2) is 5.69 Å². The van der Waals surface area contributed by atoms with Crippen molar-refractivity contribution in [1.29, 1.82) is 0 Å². The summed E-state index contributed by atoms with van der Waals surface area (Å²) in [5.41, 5.74) is 1.23. The van der Waals surface area contributed by atoms with Crippen molar-refractivity contribution in [1.82, 2.24) is 9.78 Å². The van der Waals surface area contributed by atoms with Crippen LogP contribution in [0.2, 0.25) is 0 Å². The zero-order valence-electron chi connectivity index (χ0n) is 12.1. The lowest BCUT2D eigenvalue weighted by molar-refractivity contribution is 0.0579. The van der Waals surface area contributed by atoms with Crippen molar-refractivity contribution >= 4 is 11.9 Å². The van der Waals surface area contributed by atoms with Gasteiger partial charge in [0, 0.05) is 6.07 Å². The highest BCUT2D eigenvalue weighted by Crippen LogP contribution is 2.20. The van der Waals surface area contributed by atoms with E-state index in [0.717, 1.165) is 5.56 Å². The van der Waals surface area contributed by atoms with Crippen LogP contribution in [0.4, 0.5) is 0 Å². The number of esters is 2. The molecule has 0 bridgehead atoms. The molecule has 1 aromatic heterocycles. The van der Waals surface area contributed by atoms with Crippen LogP contribution in [-0.4, -0.2) is 35.9 Å². The lowest BCUT2D eigenvalue weighted by Crippen LogP contribution is -2.16. The number of benzene rings is 1. The largest absolute Gasteiger partial charge is 0.464 e. The molecule has 6 heteroatoms. The van der Waals surface area contributed by atoms with Gasteiger partial charge in [-0.2, -0.15) is 5.10 Å². The van der Waals surface area contributed by atoms with Crippen molar-refractivity contribution in [3.63, 3.8) is 0 Å². The Morgan fingerprint density at radius 1 is 1.10 bits per heavy atom. The molecule has 110 valence electrons. The zero-order valence-corrected chi connectivity index (χ0v) is 12.1. The molecule has 0 aliphatic heterocycles. The first kappa shape index (κ1) is 14.8. The van der Waals surface area contributed by atoms with Crippen LogP contribution in [-0.2, 0) is 9.47 Å². The van der Waals surface area contributed by atoms with E-state index in [1.807, 2.05) is 37.3 Å². The predicted molar refractivity (Wildman–Crippen MR) is 75.2 cm³/mol. The number of rotatable bonds is 4. The average molecular weight is 288 g/mol. The Hall–Kier alpha value is -2.63. The van der Waals surface area contributed by atoms with E-state index in [1.54, 1.807) is 0 Å². The van der Waals surface area contributed by atoms with Crippen LogP contribution in [0.3, 0.4) is 0 Å². The van der Waals surface area contributed by atoms with Gasteiger partial charge in [-0.05, 0) is 12.5 Å². The molecule has 2 rings (SSSR count). The molecular formula is C15H16N2O4. The lowest BCUT2D eigenvalue weighted by Gasteiger charge is -2.15. The summed E-state index contributed by atoms with van der Waals surface area (Å²) in [4.78, 5) is 23.5. The second-order valence-corrected chi connectivity index (χ2v) is 4.43. The number of methoxy groups -OCH3 is 2. The van der Waals surface area contributed by atoms with E-state index in [1.165, 1.54) is 25.0 Å². The van der Waals surface area contributed by atoms with E-state index in [2.05, 4.69) is 9.84 Å². The summed E-state index contributed by atoms with van der Waals surface area (Å²) >= 11 is 0. The van der Waals surface area contributed by atoms with Gasteiger partial charge < -0.3 is 9.47 Å². The van der Waals surface area contributed by atoms with Crippen molar-refractivity contribution in [2.24, 2.45) is 0 Å². The minimum absolute atomic E-state index is 0.0701. The topological polar surface area (TPSA) is 70.4 Å². The molecule has 0 N–H and O–H groups in total. The molecule has 0 aliphatic rings. The highest BCUT2D eigenvalue weighted by Gasteiger charge is 2.23. The third-order valence-corrected chi connectivity index (χ3v) is 3.17. The van der Waals surface area contributed by atoms with Crippen LogP contribution in [0.5, 0.6) is 0 Å². The number of nitrogens with zero attached hydrogens (tertiary/aromatic N) is 2. The van der Waals surface area contributed by atoms with E-state index in [9.17, 15) is 9.59 Å². The Bertz CT molecular complexity index is 649. The molecule has 1 unspecified atom stereocenters. The Morgan fingerprint density at radius 3 is 2.29 bits per heavy atom. The minimum Gasteiger partial charge on any atom is -0.464 e. The minimum atomic E-state index is -0.598. The van der Waals surface area contributed by atoms with Gasteiger partial charge in [0.25, 0.3) is 0 Å². The molecule has 0 spiro atoms. The van der Waals surface area contributed by atoms with E-state index < -0.39 is 11.9 Å². The first-order chi connectivity index (χ1) is 10.1. The van der Waals surface area contributed by atoms with Crippen LogP contribution in [0.1, 0.15) is 39.5 Å². The first-order valence-electron chi connectivity index (χ1n) is 6.39. The maximum Gasteiger partial charge on any atom is 0.358 e. The Morgan fingerprint density at radius 2 is 1.71 bits per heavy atom. The van der Waals surface area contributed by atoms with Crippen LogP contribution in [0, 0.1) is 0 Å². The van der Waals surface area contributed by atoms with Gasteiger partial charge in [-0.1, -0.05) is 30.3 Å². The van der Waals surface area contributed by atoms with Gasteiger partial charge >= 0.3 is 11.9 Å². The molecular weight excluding hydrogens is 272 g/mol. The molecule has 1 heterocycles. The summed E-state index contributed by atoms with van der Waals surface area (Å²) in [6.45, 7) is 1.88. The molecule has 0 amide bonds. The van der Waals surface area contributed by atoms with Gasteiger partial charge in [-0.25, -0.2) is 9.59 Å². The number of carbonyl (C=O) groups excluding carboxylic acids is 2. The first-order valence-corrected chi connectivity index (χ1v) is 6.39. The maximum atomic E-state index is 11.9. The smallest absolute Gasteiger partial charge is 0.358 e. The number of ether oxygens (including phenoxy) is 2. The third-order valence-electron chi connectivity index (χ3n) is 3.17. The average Bonchev–Trinajstić information content (AvgIpc) is 2.98. The Labute approximate surface area is 122 Å². The molecule has 0 saturated carbocycles. The molecule has 1 aromatic carbocycles. The summed E-state index contributed by atoms with van der Waals surface area (Å²) < 4.78 is 10.8. The van der Waals surface area contributed by atoms with Crippen molar-refractivity contribution < 1.29 is 19.1 Å². The van der Waals surface area contributed by atoms with E-state index >= 15 is 0 Å². The van der Waals surface area contributed by atoms with Crippen LogP contribution in [0.15, 0.2) is 36.4 Å². The SMILES string of the molecule is COC(=O)c1cc(C(=O)OC)n(C(C)c2ccccc2)n1. The van der Waals surface area contributed by atoms with Gasteiger partial charge in [0.1, 0.15) is 5.69 Å². The lowest BCUT2D eigenvalue weighted by atomic mass is 10.1. The van der Waals surface area contributed by atoms with Crippen molar-refractivity contribution in [3.05, 3.63) is 53.3 Å². The fraction of sp³-hybridized carbons (Fsp3) is 0.267. The maximum absolute atomic E-state index is 11.9. The fourth-order valence-corrected chi connectivity index (χ4v) is 2.02. The molecule has 1 atom stereocenters. The highest BCUT2D eigenvalue weighted by molar-refractivity contribution is 5.93. The third kappa shape index (κ3) is 2.94. The van der Waals surface area contributed by atoms with Gasteiger partial charge in [0.2, 0.25) is 0 Å². The molecule has 2 aromatic rings. The Balaban J connectivity index is 2.48. The van der Waals surface area contributed by atoms with Gasteiger partial charge in [-0.3, -0.25) is 4.68 Å². The zero-order chi connectivity index (χ0) is 15.4. The van der Waals surface area contributed by atoms with Crippen molar-refractivity contribution in [2.75, 3.05) is 14.2 Å². The normalized spacial score (nSPS) is 11.8. The molecule has 0 radical (unpaired) electrons. The molecule has 0 fully saturated rings. The monoisotopic (exact) mass is 288 g/mol. The summed E-state index contributed by atoms with van der Waals surface area (Å²) in [7, 11) is 2.55. The second kappa shape index (κ2) is 6.21. The second-order valence-electron chi connectivity index (χ2n) is 4.43. The van der Waals surface area contributed by atoms with Crippen molar-refractivity contribution in [2.45, 2.75) is 13.0 Å². The summed E-state index contributed by atoms with van der Waals surface area (Å²) in [5.74, 6) is -1.15. The number of hydrogen-bond donors (Lipinski definition) is 0. The van der Waals surface area contributed by atoms with Crippen molar-refractivity contribution in [3.8, 4) is 0 Å². The highest BCUT2D eigenvalue weighted by atomic mass is 16.5. The summed E-state index contributed by atoms with van der Waals surface area (Å²) in [5, 5.41) is 4.17. The fourth-order valence-electron chi connectivity index (χ4n) is 2.02. The predicted octanol–water partition coefficient (Wildman–Crippen LogP) is 2.07. The number of hydrogen-bond acceptors (Lipinski definition) is 5. The number of aromatic nitrogens is 2. The molecule has 0 saturated heterocycles. The van der Waals surface area contributed by atoms with Gasteiger partial charge in [0.05, 0.1) is 20.3 Å². The molecule has 21 heavy (non-hydrogen) atoms. The number of carbonyl (C=O) groups is 2. The van der Waals surface area contributed by atoms with Gasteiger partial charge in [-0.15, -0.1) is 0 Å². The van der Waals surface area contributed by atoms with Crippen LogP contribution < -0.4 is 0 Å². The van der Waals surface area contributed by atoms with Crippen LogP contribution in [0.25, 0.3) is 0 Å². The molecule has 6 nitrogen and oxygen atoms in total.